The number of anilines is 2. The van der Waals surface area contributed by atoms with Crippen LogP contribution in [0.5, 0.6) is 0 Å². The highest BCUT2D eigenvalue weighted by molar-refractivity contribution is 7.89. The Morgan fingerprint density at radius 3 is 2.48 bits per heavy atom. The van der Waals surface area contributed by atoms with Gasteiger partial charge in [-0.15, -0.1) is 0 Å². The van der Waals surface area contributed by atoms with Crippen molar-refractivity contribution in [2.75, 3.05) is 42.9 Å². The number of halogens is 1. The molecule has 0 spiro atoms. The van der Waals surface area contributed by atoms with Crippen LogP contribution in [0.15, 0.2) is 29.2 Å². The molecule has 1 aromatic carbocycles. The molecule has 3 rings (SSSR count). The van der Waals surface area contributed by atoms with E-state index in [4.69, 9.17) is 11.6 Å². The fourth-order valence-electron chi connectivity index (χ4n) is 3.13. The second kappa shape index (κ2) is 8.00. The van der Waals surface area contributed by atoms with E-state index < -0.39 is 10.0 Å². The number of hydrogen-bond acceptors (Lipinski definition) is 6. The minimum atomic E-state index is -3.57. The summed E-state index contributed by atoms with van der Waals surface area (Å²) in [5, 5.41) is 3.62. The molecule has 1 aliphatic rings. The van der Waals surface area contributed by atoms with Gasteiger partial charge in [-0.3, -0.25) is 0 Å². The van der Waals surface area contributed by atoms with Crippen molar-refractivity contribution in [3.63, 3.8) is 0 Å². The molecule has 2 aromatic rings. The number of hydrogen-bond donors (Lipinski definition) is 1. The van der Waals surface area contributed by atoms with Gasteiger partial charge in [0.1, 0.15) is 17.5 Å². The maximum Gasteiger partial charge on any atom is 0.243 e. The summed E-state index contributed by atoms with van der Waals surface area (Å²) in [5.74, 6) is 2.28. The van der Waals surface area contributed by atoms with Crippen molar-refractivity contribution in [2.45, 2.75) is 25.7 Å². The molecule has 146 valence electrons. The first kappa shape index (κ1) is 19.9. The second-order valence-corrected chi connectivity index (χ2v) is 8.83. The van der Waals surface area contributed by atoms with E-state index in [1.54, 1.807) is 19.1 Å². The van der Waals surface area contributed by atoms with E-state index in [1.165, 1.54) is 10.4 Å². The maximum absolute atomic E-state index is 13.0. The number of aromatic nitrogens is 2. The monoisotopic (exact) mass is 409 g/mol. The van der Waals surface area contributed by atoms with Gasteiger partial charge in [0, 0.05) is 43.8 Å². The lowest BCUT2D eigenvalue weighted by molar-refractivity contribution is 0.383. The van der Waals surface area contributed by atoms with Crippen LogP contribution in [0.3, 0.4) is 0 Å². The van der Waals surface area contributed by atoms with Crippen LogP contribution in [0, 0.1) is 13.8 Å². The topological polar surface area (TPSA) is 78.4 Å². The Morgan fingerprint density at radius 2 is 1.81 bits per heavy atom. The van der Waals surface area contributed by atoms with Crippen LogP contribution in [0.4, 0.5) is 11.6 Å². The van der Waals surface area contributed by atoms with Gasteiger partial charge in [0.15, 0.2) is 0 Å². The molecule has 1 fully saturated rings. The minimum absolute atomic E-state index is 0.274. The van der Waals surface area contributed by atoms with Crippen molar-refractivity contribution in [2.24, 2.45) is 0 Å². The lowest BCUT2D eigenvalue weighted by Gasteiger charge is -2.35. The Balaban J connectivity index is 1.76. The normalized spacial score (nSPS) is 15.8. The number of aryl methyl sites for hydroxylation is 2. The van der Waals surface area contributed by atoms with Crippen LogP contribution < -0.4 is 10.2 Å². The molecule has 0 atom stereocenters. The summed E-state index contributed by atoms with van der Waals surface area (Å²) in [6.07, 6.45) is 0. The van der Waals surface area contributed by atoms with Gasteiger partial charge < -0.3 is 10.2 Å². The first-order chi connectivity index (χ1) is 12.8. The highest BCUT2D eigenvalue weighted by Gasteiger charge is 2.30. The fraction of sp³-hybridized carbons (Fsp3) is 0.444. The number of nitrogens with zero attached hydrogens (tertiary/aromatic N) is 4. The zero-order valence-corrected chi connectivity index (χ0v) is 17.3. The summed E-state index contributed by atoms with van der Waals surface area (Å²) in [6, 6.07) is 6.86. The molecule has 7 nitrogen and oxygen atoms in total. The molecule has 9 heteroatoms. The molecular formula is C18H24ClN5O2S. The molecule has 0 saturated carbocycles. The first-order valence-corrected chi connectivity index (χ1v) is 10.7. The molecule has 0 amide bonds. The summed E-state index contributed by atoms with van der Waals surface area (Å²) in [7, 11) is -3.57. The van der Waals surface area contributed by atoms with E-state index in [1.807, 2.05) is 19.9 Å². The fourth-order valence-corrected chi connectivity index (χ4v) is 5.04. The molecule has 1 aromatic heterocycles. The predicted octanol–water partition coefficient (Wildman–Crippen LogP) is 2.69. The van der Waals surface area contributed by atoms with Gasteiger partial charge in [-0.25, -0.2) is 18.4 Å². The van der Waals surface area contributed by atoms with Crippen molar-refractivity contribution in [1.29, 1.82) is 0 Å². The van der Waals surface area contributed by atoms with Gasteiger partial charge >= 0.3 is 0 Å². The standard InChI is InChI=1S/C18H24ClN5O2S/c1-4-20-17-12-18(22-14(3)21-17)23-7-9-24(10-8-23)27(25,26)16-11-15(19)6-5-13(16)2/h5-6,11-12H,4,7-10H2,1-3H3,(H,20,21,22). The van der Waals surface area contributed by atoms with Crippen LogP contribution in [0.2, 0.25) is 5.02 Å². The SMILES string of the molecule is CCNc1cc(N2CCN(S(=O)(=O)c3cc(Cl)ccc3C)CC2)nc(C)n1. The largest absolute Gasteiger partial charge is 0.370 e. The zero-order valence-electron chi connectivity index (χ0n) is 15.7. The first-order valence-electron chi connectivity index (χ1n) is 8.92. The summed E-state index contributed by atoms with van der Waals surface area (Å²) in [5.41, 5.74) is 0.698. The van der Waals surface area contributed by atoms with Crippen molar-refractivity contribution in [1.82, 2.24) is 14.3 Å². The molecule has 0 aliphatic carbocycles. The Bertz CT molecular complexity index is 927. The molecule has 27 heavy (non-hydrogen) atoms. The molecule has 2 heterocycles. The highest BCUT2D eigenvalue weighted by Crippen LogP contribution is 2.25. The van der Waals surface area contributed by atoms with Crippen LogP contribution in [0.1, 0.15) is 18.3 Å². The van der Waals surface area contributed by atoms with Gasteiger partial charge in [0.25, 0.3) is 0 Å². The average molecular weight is 410 g/mol. The van der Waals surface area contributed by atoms with E-state index in [-0.39, 0.29) is 4.90 Å². The maximum atomic E-state index is 13.0. The number of sulfonamides is 1. The van der Waals surface area contributed by atoms with Crippen molar-refractivity contribution in [3.8, 4) is 0 Å². The zero-order chi connectivity index (χ0) is 19.6. The van der Waals surface area contributed by atoms with Crippen LogP contribution in [-0.4, -0.2) is 55.4 Å². The van der Waals surface area contributed by atoms with Crippen LogP contribution in [-0.2, 0) is 10.0 Å². The summed E-state index contributed by atoms with van der Waals surface area (Å²) >= 11 is 6.01. The number of piperazine rings is 1. The van der Waals surface area contributed by atoms with Crippen molar-refractivity contribution < 1.29 is 8.42 Å². The lowest BCUT2D eigenvalue weighted by Crippen LogP contribution is -2.49. The third-order valence-electron chi connectivity index (χ3n) is 4.51. The van der Waals surface area contributed by atoms with Crippen molar-refractivity contribution in [3.05, 3.63) is 40.7 Å². The quantitative estimate of drug-likeness (QED) is 0.817. The van der Waals surface area contributed by atoms with Gasteiger partial charge in [0.05, 0.1) is 4.90 Å². The van der Waals surface area contributed by atoms with Gasteiger partial charge in [-0.05, 0) is 38.5 Å². The van der Waals surface area contributed by atoms with Gasteiger partial charge in [-0.2, -0.15) is 4.31 Å². The second-order valence-electron chi connectivity index (χ2n) is 6.49. The minimum Gasteiger partial charge on any atom is -0.370 e. The van der Waals surface area contributed by atoms with E-state index in [2.05, 4.69) is 20.2 Å². The lowest BCUT2D eigenvalue weighted by atomic mass is 10.2. The molecule has 0 bridgehead atoms. The Labute approximate surface area is 165 Å². The smallest absolute Gasteiger partial charge is 0.243 e. The number of nitrogens with one attached hydrogen (secondary N) is 1. The Hall–Kier alpha value is -1.90. The Kier molecular flexibility index (Phi) is 5.88. The summed E-state index contributed by atoms with van der Waals surface area (Å²) in [6.45, 7) is 8.36. The summed E-state index contributed by atoms with van der Waals surface area (Å²) < 4.78 is 27.5. The van der Waals surface area contributed by atoms with E-state index in [0.29, 0.717) is 42.6 Å². The third-order valence-corrected chi connectivity index (χ3v) is 6.79. The number of rotatable bonds is 5. The van der Waals surface area contributed by atoms with Crippen LogP contribution >= 0.6 is 11.6 Å². The third kappa shape index (κ3) is 4.34. The van der Waals surface area contributed by atoms with E-state index >= 15 is 0 Å². The number of benzene rings is 1. The van der Waals surface area contributed by atoms with Gasteiger partial charge in [0.2, 0.25) is 10.0 Å². The molecule has 1 aliphatic heterocycles. The molecule has 0 radical (unpaired) electrons. The van der Waals surface area contributed by atoms with Crippen LogP contribution in [0.25, 0.3) is 0 Å². The van der Waals surface area contributed by atoms with E-state index in [0.717, 1.165) is 18.2 Å². The summed E-state index contributed by atoms with van der Waals surface area (Å²) in [4.78, 5) is 11.2. The van der Waals surface area contributed by atoms with E-state index in [9.17, 15) is 8.42 Å². The molecule has 0 unspecified atom stereocenters. The molecule has 1 N–H and O–H groups in total. The highest BCUT2D eigenvalue weighted by atomic mass is 35.5. The Morgan fingerprint density at radius 1 is 1.11 bits per heavy atom. The molecular weight excluding hydrogens is 386 g/mol. The average Bonchev–Trinajstić information content (AvgIpc) is 2.63. The molecule has 1 saturated heterocycles. The van der Waals surface area contributed by atoms with Gasteiger partial charge in [-0.1, -0.05) is 17.7 Å². The predicted molar refractivity (Wildman–Crippen MR) is 108 cm³/mol. The van der Waals surface area contributed by atoms with Crippen molar-refractivity contribution >= 4 is 33.3 Å².